The number of aryl methyl sites for hydroxylation is 2. The summed E-state index contributed by atoms with van der Waals surface area (Å²) in [6.45, 7) is 0.344. The predicted molar refractivity (Wildman–Crippen MR) is 125 cm³/mol. The Balaban J connectivity index is 1.41. The van der Waals surface area contributed by atoms with Crippen molar-refractivity contribution >= 4 is 21.6 Å². The highest BCUT2D eigenvalue weighted by Gasteiger charge is 2.20. The van der Waals surface area contributed by atoms with Gasteiger partial charge in [0.1, 0.15) is 5.82 Å². The number of hydrogen-bond acceptors (Lipinski definition) is 6. The second-order valence-corrected chi connectivity index (χ2v) is 10.0. The lowest BCUT2D eigenvalue weighted by Crippen LogP contribution is -2.20. The molecule has 1 amide bonds. The Morgan fingerprint density at radius 1 is 1.09 bits per heavy atom. The van der Waals surface area contributed by atoms with E-state index in [0.717, 1.165) is 30.4 Å². The largest absolute Gasteiger partial charge is 0.493 e. The molecule has 3 aromatic rings. The van der Waals surface area contributed by atoms with Crippen molar-refractivity contribution in [3.05, 3.63) is 65.4 Å². The number of benzene rings is 2. The summed E-state index contributed by atoms with van der Waals surface area (Å²) in [6, 6.07) is 12.5. The number of nitrogens with zero attached hydrogens (tertiary/aromatic N) is 2. The molecule has 33 heavy (non-hydrogen) atoms. The van der Waals surface area contributed by atoms with E-state index in [-0.39, 0.29) is 23.0 Å². The number of hydrogen-bond donors (Lipinski definition) is 1. The van der Waals surface area contributed by atoms with Gasteiger partial charge >= 0.3 is 0 Å². The van der Waals surface area contributed by atoms with E-state index in [1.165, 1.54) is 5.56 Å². The second-order valence-electron chi connectivity index (χ2n) is 7.93. The van der Waals surface area contributed by atoms with Gasteiger partial charge in [-0.2, -0.15) is 5.10 Å². The maximum Gasteiger partial charge on any atom is 0.226 e. The molecule has 0 bridgehead atoms. The van der Waals surface area contributed by atoms with Gasteiger partial charge in [-0.15, -0.1) is 0 Å². The summed E-state index contributed by atoms with van der Waals surface area (Å²) in [6.07, 6.45) is 4.38. The molecule has 2 aromatic carbocycles. The molecular weight excluding hydrogens is 442 g/mol. The monoisotopic (exact) mass is 469 g/mol. The van der Waals surface area contributed by atoms with Crippen LogP contribution in [-0.4, -0.2) is 44.1 Å². The van der Waals surface area contributed by atoms with Gasteiger partial charge in [0, 0.05) is 18.1 Å². The minimum atomic E-state index is -3.54. The van der Waals surface area contributed by atoms with E-state index >= 15 is 0 Å². The van der Waals surface area contributed by atoms with Gasteiger partial charge in [0.25, 0.3) is 0 Å². The number of sulfone groups is 1. The molecule has 0 saturated heterocycles. The van der Waals surface area contributed by atoms with Gasteiger partial charge in [0.2, 0.25) is 5.91 Å². The van der Waals surface area contributed by atoms with Crippen LogP contribution in [0.1, 0.15) is 29.5 Å². The molecule has 1 aliphatic rings. The smallest absolute Gasteiger partial charge is 0.226 e. The fourth-order valence-corrected chi connectivity index (χ4v) is 5.38. The third-order valence-electron chi connectivity index (χ3n) is 5.82. The summed E-state index contributed by atoms with van der Waals surface area (Å²) >= 11 is 0. The average Bonchev–Trinajstić information content (AvgIpc) is 3.46. The molecule has 4 rings (SSSR count). The van der Waals surface area contributed by atoms with E-state index in [2.05, 4.69) is 10.4 Å². The minimum absolute atomic E-state index is 0.146. The van der Waals surface area contributed by atoms with Crippen LogP contribution in [0.3, 0.4) is 0 Å². The molecule has 0 spiro atoms. The first-order valence-corrected chi connectivity index (χ1v) is 12.4. The standard InChI is InChI=1S/C24H27N3O5S/c1-31-21-8-4-7-19(24(21)32-2)16-27-22(11-13-25-27)26-23(28)12-14-33(29,30)20-10-9-17-5-3-6-18(17)15-20/h4,7-11,13,15H,3,5-6,12,14,16H2,1-2H3,(H,26,28). The van der Waals surface area contributed by atoms with Crippen molar-refractivity contribution in [2.45, 2.75) is 37.1 Å². The molecule has 1 aliphatic carbocycles. The summed E-state index contributed by atoms with van der Waals surface area (Å²) in [5.41, 5.74) is 3.14. The lowest BCUT2D eigenvalue weighted by molar-refractivity contribution is -0.115. The SMILES string of the molecule is COc1cccc(Cn2nccc2NC(=O)CCS(=O)(=O)c2ccc3c(c2)CCC3)c1OC. The first-order chi connectivity index (χ1) is 15.9. The Kier molecular flexibility index (Phi) is 6.69. The van der Waals surface area contributed by atoms with Crippen molar-refractivity contribution in [3.63, 3.8) is 0 Å². The van der Waals surface area contributed by atoms with Gasteiger partial charge in [-0.25, -0.2) is 13.1 Å². The van der Waals surface area contributed by atoms with Gasteiger partial charge < -0.3 is 14.8 Å². The highest BCUT2D eigenvalue weighted by molar-refractivity contribution is 7.91. The topological polar surface area (TPSA) is 99.5 Å². The van der Waals surface area contributed by atoms with E-state index in [4.69, 9.17) is 9.47 Å². The van der Waals surface area contributed by atoms with E-state index in [1.54, 1.807) is 49.4 Å². The molecule has 1 heterocycles. The molecule has 1 N–H and O–H groups in total. The average molecular weight is 470 g/mol. The number of aromatic nitrogens is 2. The fraction of sp³-hybridized carbons (Fsp3) is 0.333. The number of amides is 1. The number of carbonyl (C=O) groups excluding carboxylic acids is 1. The number of fused-ring (bicyclic) bond motifs is 1. The highest BCUT2D eigenvalue weighted by atomic mass is 32.2. The van der Waals surface area contributed by atoms with Crippen LogP contribution in [0, 0.1) is 0 Å². The van der Waals surface area contributed by atoms with Gasteiger partial charge in [0.15, 0.2) is 21.3 Å². The molecule has 9 heteroatoms. The Morgan fingerprint density at radius 2 is 1.91 bits per heavy atom. The summed E-state index contributed by atoms with van der Waals surface area (Å²) < 4.78 is 37.9. The van der Waals surface area contributed by atoms with Gasteiger partial charge in [0.05, 0.1) is 37.6 Å². The van der Waals surface area contributed by atoms with Crippen LogP contribution in [0.5, 0.6) is 11.5 Å². The first kappa shape index (κ1) is 22.8. The van der Waals surface area contributed by atoms with Crippen molar-refractivity contribution in [2.24, 2.45) is 0 Å². The molecule has 8 nitrogen and oxygen atoms in total. The summed E-state index contributed by atoms with van der Waals surface area (Å²) in [4.78, 5) is 12.8. The van der Waals surface area contributed by atoms with Crippen LogP contribution in [0.15, 0.2) is 53.6 Å². The molecule has 0 saturated carbocycles. The lowest BCUT2D eigenvalue weighted by Gasteiger charge is -2.14. The quantitative estimate of drug-likeness (QED) is 0.517. The number of rotatable bonds is 9. The third-order valence-corrected chi connectivity index (χ3v) is 7.53. The van der Waals surface area contributed by atoms with Crippen LogP contribution in [-0.2, 0) is 34.0 Å². The van der Waals surface area contributed by atoms with Gasteiger partial charge in [-0.05, 0) is 48.6 Å². The van der Waals surface area contributed by atoms with Crippen molar-refractivity contribution in [1.29, 1.82) is 0 Å². The molecule has 0 unspecified atom stereocenters. The number of methoxy groups -OCH3 is 2. The fourth-order valence-electron chi connectivity index (χ4n) is 4.10. The normalized spacial score (nSPS) is 12.9. The van der Waals surface area contributed by atoms with Crippen LogP contribution in [0.4, 0.5) is 5.82 Å². The van der Waals surface area contributed by atoms with Gasteiger partial charge in [-0.3, -0.25) is 4.79 Å². The zero-order chi connectivity index (χ0) is 23.4. The number of nitrogens with one attached hydrogen (secondary N) is 1. The summed E-state index contributed by atoms with van der Waals surface area (Å²) in [5.74, 6) is 1.02. The van der Waals surface area contributed by atoms with Crippen molar-refractivity contribution in [1.82, 2.24) is 9.78 Å². The molecule has 1 aromatic heterocycles. The Morgan fingerprint density at radius 3 is 2.70 bits per heavy atom. The molecule has 174 valence electrons. The van der Waals surface area contributed by atoms with E-state index < -0.39 is 9.84 Å². The molecule has 0 aliphatic heterocycles. The van der Waals surface area contributed by atoms with Crippen LogP contribution in [0.2, 0.25) is 0 Å². The minimum Gasteiger partial charge on any atom is -0.493 e. The van der Waals surface area contributed by atoms with Crippen molar-refractivity contribution < 1.29 is 22.7 Å². The van der Waals surface area contributed by atoms with Gasteiger partial charge in [-0.1, -0.05) is 18.2 Å². The molecule has 0 fully saturated rings. The number of ether oxygens (including phenoxy) is 2. The molecular formula is C24H27N3O5S. The lowest BCUT2D eigenvalue weighted by atomic mass is 10.1. The number of para-hydroxylation sites is 1. The van der Waals surface area contributed by atoms with Crippen LogP contribution in [0.25, 0.3) is 0 Å². The van der Waals surface area contributed by atoms with Crippen molar-refractivity contribution in [2.75, 3.05) is 25.3 Å². The van der Waals surface area contributed by atoms with Crippen LogP contribution < -0.4 is 14.8 Å². The third kappa shape index (κ3) is 5.03. The Labute approximate surface area is 193 Å². The number of carbonyl (C=O) groups is 1. The first-order valence-electron chi connectivity index (χ1n) is 10.8. The molecule has 0 radical (unpaired) electrons. The predicted octanol–water partition coefficient (Wildman–Crippen LogP) is 3.24. The maximum absolute atomic E-state index is 12.8. The summed E-state index contributed by atoms with van der Waals surface area (Å²) in [5, 5.41) is 7.04. The maximum atomic E-state index is 12.8. The second kappa shape index (κ2) is 9.66. The Bertz CT molecular complexity index is 1270. The van der Waals surface area contributed by atoms with E-state index in [1.807, 2.05) is 18.2 Å². The zero-order valence-electron chi connectivity index (χ0n) is 18.7. The summed E-state index contributed by atoms with van der Waals surface area (Å²) in [7, 11) is -0.413. The van der Waals surface area contributed by atoms with E-state index in [0.29, 0.717) is 23.9 Å². The molecule has 0 atom stereocenters. The van der Waals surface area contributed by atoms with Crippen molar-refractivity contribution in [3.8, 4) is 11.5 Å². The zero-order valence-corrected chi connectivity index (χ0v) is 19.5. The highest BCUT2D eigenvalue weighted by Crippen LogP contribution is 2.31. The van der Waals surface area contributed by atoms with E-state index in [9.17, 15) is 13.2 Å². The number of anilines is 1. The van der Waals surface area contributed by atoms with Crippen LogP contribution >= 0.6 is 0 Å². The Hall–Kier alpha value is -3.33.